The normalized spacial score (nSPS) is 10.0. The number of halogens is 4. The second-order valence-corrected chi connectivity index (χ2v) is 2.06. The first-order valence-electron chi connectivity index (χ1n) is 2.41. The van der Waals surface area contributed by atoms with Crippen molar-refractivity contribution in [2.75, 3.05) is 0 Å². The van der Waals surface area contributed by atoms with Gasteiger partial charge >= 0.3 is 0 Å². The average Bonchev–Trinajstić information content (AvgIpc) is 1.82. The van der Waals surface area contributed by atoms with Crippen LogP contribution in [0.25, 0.3) is 0 Å². The van der Waals surface area contributed by atoms with Gasteiger partial charge in [0.15, 0.2) is 0 Å². The van der Waals surface area contributed by atoms with Gasteiger partial charge in [0, 0.05) is 12.1 Å². The number of hydrogen-bond acceptors (Lipinski definition) is 0. The Labute approximate surface area is 60.2 Å². The lowest BCUT2D eigenvalue weighted by molar-refractivity contribution is 0.544. The minimum absolute atomic E-state index is 0.519. The Bertz CT molecular complexity index is 236. The first-order valence-corrected chi connectivity index (χ1v) is 2.79. The molecule has 1 aromatic rings. The summed E-state index contributed by atoms with van der Waals surface area (Å²) in [7, 11) is 0. The Hall–Kier alpha value is -0.700. The molecule has 0 saturated heterocycles. The molecule has 0 aliphatic heterocycles. The van der Waals surface area contributed by atoms with Crippen molar-refractivity contribution in [2.24, 2.45) is 0 Å². The van der Waals surface area contributed by atoms with Crippen molar-refractivity contribution in [1.29, 1.82) is 0 Å². The molecule has 0 unspecified atom stereocenters. The lowest BCUT2D eigenvalue weighted by atomic mass is 10.3. The van der Waals surface area contributed by atoms with Crippen molar-refractivity contribution in [3.05, 3.63) is 34.6 Å². The van der Waals surface area contributed by atoms with Gasteiger partial charge in [0.2, 0.25) is 0 Å². The summed E-state index contributed by atoms with van der Waals surface area (Å²) in [5, 5.41) is -0.679. The third kappa shape index (κ3) is 1.24. The Morgan fingerprint density at radius 3 is 1.80 bits per heavy atom. The number of rotatable bonds is 0. The van der Waals surface area contributed by atoms with E-state index in [0.717, 1.165) is 0 Å². The van der Waals surface area contributed by atoms with Crippen LogP contribution in [-0.4, -0.2) is 0 Å². The Morgan fingerprint density at radius 2 is 1.40 bits per heavy atom. The molecule has 0 saturated carbocycles. The molecule has 0 radical (unpaired) electrons. The molecule has 0 spiro atoms. The molecule has 0 heterocycles. The van der Waals surface area contributed by atoms with Gasteiger partial charge in [-0.05, 0) is 0 Å². The monoisotopic (exact) mass is 166 g/mol. The summed E-state index contributed by atoms with van der Waals surface area (Å²) in [5.74, 6) is -3.14. The number of hydrogen-bond donors (Lipinski definition) is 0. The molecule has 1 rings (SSSR count). The lowest BCUT2D eigenvalue weighted by Gasteiger charge is -1.94. The minimum atomic E-state index is -1.08. The van der Waals surface area contributed by atoms with Crippen LogP contribution >= 0.6 is 11.6 Å². The second-order valence-electron chi connectivity index (χ2n) is 1.68. The largest absolute Gasteiger partial charge is 0.207 e. The van der Waals surface area contributed by atoms with Gasteiger partial charge in [-0.3, -0.25) is 0 Å². The van der Waals surface area contributed by atoms with E-state index >= 15 is 0 Å². The van der Waals surface area contributed by atoms with E-state index in [0.29, 0.717) is 12.1 Å². The quantitative estimate of drug-likeness (QED) is 0.411. The van der Waals surface area contributed by atoms with Gasteiger partial charge in [-0.15, -0.1) is 0 Å². The van der Waals surface area contributed by atoms with Crippen LogP contribution in [0.15, 0.2) is 12.1 Å². The molecular formula is C6H2ClF3. The molecule has 0 N–H and O–H groups in total. The highest BCUT2D eigenvalue weighted by molar-refractivity contribution is 6.30. The highest BCUT2D eigenvalue weighted by Crippen LogP contribution is 2.19. The Morgan fingerprint density at radius 1 is 1.00 bits per heavy atom. The summed E-state index contributed by atoms with van der Waals surface area (Å²) in [6.07, 6.45) is 0. The van der Waals surface area contributed by atoms with Crippen molar-refractivity contribution >= 4 is 11.6 Å². The van der Waals surface area contributed by atoms with Gasteiger partial charge in [0.1, 0.15) is 22.5 Å². The standard InChI is InChI=1S/C6H2ClF3/c7-6-4(9)1-3(8)2-5(6)10/h1-2H. The highest BCUT2D eigenvalue weighted by atomic mass is 35.5. The predicted molar refractivity (Wildman–Crippen MR) is 31.3 cm³/mol. The van der Waals surface area contributed by atoms with Crippen molar-refractivity contribution in [3.63, 3.8) is 0 Å². The van der Waals surface area contributed by atoms with Crippen LogP contribution in [0.5, 0.6) is 0 Å². The maximum absolute atomic E-state index is 12.2. The second kappa shape index (κ2) is 2.50. The zero-order valence-electron chi connectivity index (χ0n) is 4.67. The van der Waals surface area contributed by atoms with E-state index in [1.54, 1.807) is 0 Å². The molecule has 10 heavy (non-hydrogen) atoms. The molecule has 54 valence electrons. The van der Waals surface area contributed by atoms with E-state index in [2.05, 4.69) is 0 Å². The fourth-order valence-electron chi connectivity index (χ4n) is 0.525. The van der Waals surface area contributed by atoms with Crippen LogP contribution in [0.3, 0.4) is 0 Å². The number of benzene rings is 1. The van der Waals surface area contributed by atoms with E-state index in [9.17, 15) is 13.2 Å². The summed E-state index contributed by atoms with van der Waals surface area (Å²) < 4.78 is 36.5. The molecule has 4 heteroatoms. The third-order valence-corrected chi connectivity index (χ3v) is 1.31. The van der Waals surface area contributed by atoms with Crippen molar-refractivity contribution in [2.45, 2.75) is 0 Å². The molecule has 0 aliphatic carbocycles. The Kier molecular flexibility index (Phi) is 1.85. The molecule has 0 aromatic heterocycles. The van der Waals surface area contributed by atoms with E-state index in [1.807, 2.05) is 0 Å². The fourth-order valence-corrected chi connectivity index (χ4v) is 0.634. The van der Waals surface area contributed by atoms with Crippen LogP contribution in [0.1, 0.15) is 0 Å². The zero-order chi connectivity index (χ0) is 7.72. The van der Waals surface area contributed by atoms with Crippen LogP contribution < -0.4 is 0 Å². The Balaban J connectivity index is 3.31. The van der Waals surface area contributed by atoms with Crippen LogP contribution in [0, 0.1) is 17.5 Å². The smallest absolute Gasteiger partial charge is 0.147 e. The third-order valence-electron chi connectivity index (χ3n) is 0.949. The lowest BCUT2D eigenvalue weighted by Crippen LogP contribution is -1.85. The molecular weight excluding hydrogens is 165 g/mol. The SMILES string of the molecule is Fc1cc(F)c(Cl)c(F)c1. The molecule has 0 amide bonds. The van der Waals surface area contributed by atoms with E-state index in [4.69, 9.17) is 11.6 Å². The van der Waals surface area contributed by atoms with Crippen molar-refractivity contribution < 1.29 is 13.2 Å². The first kappa shape index (κ1) is 7.41. The van der Waals surface area contributed by atoms with Crippen molar-refractivity contribution in [1.82, 2.24) is 0 Å². The molecule has 0 fully saturated rings. The molecule has 1 aromatic carbocycles. The zero-order valence-corrected chi connectivity index (χ0v) is 5.42. The van der Waals surface area contributed by atoms with Gasteiger partial charge in [-0.2, -0.15) is 0 Å². The first-order chi connectivity index (χ1) is 4.61. The van der Waals surface area contributed by atoms with E-state index in [-0.39, 0.29) is 0 Å². The summed E-state index contributed by atoms with van der Waals surface area (Å²) in [5.41, 5.74) is 0. The topological polar surface area (TPSA) is 0 Å². The van der Waals surface area contributed by atoms with Gasteiger partial charge < -0.3 is 0 Å². The fraction of sp³-hybridized carbons (Fsp3) is 0. The summed E-state index contributed by atoms with van der Waals surface area (Å²) >= 11 is 5.03. The average molecular weight is 167 g/mol. The molecule has 0 bridgehead atoms. The molecule has 0 atom stereocenters. The summed E-state index contributed by atoms with van der Waals surface area (Å²) in [4.78, 5) is 0. The van der Waals surface area contributed by atoms with E-state index < -0.39 is 22.5 Å². The minimum Gasteiger partial charge on any atom is -0.207 e. The van der Waals surface area contributed by atoms with Crippen LogP contribution in [0.4, 0.5) is 13.2 Å². The van der Waals surface area contributed by atoms with Gasteiger partial charge in [0.05, 0.1) is 0 Å². The van der Waals surface area contributed by atoms with Gasteiger partial charge in [0.25, 0.3) is 0 Å². The van der Waals surface area contributed by atoms with Gasteiger partial charge in [-0.25, -0.2) is 13.2 Å². The predicted octanol–water partition coefficient (Wildman–Crippen LogP) is 2.76. The van der Waals surface area contributed by atoms with Crippen LogP contribution in [-0.2, 0) is 0 Å². The summed E-state index contributed by atoms with van der Waals surface area (Å²) in [6, 6.07) is 1.04. The van der Waals surface area contributed by atoms with E-state index in [1.165, 1.54) is 0 Å². The maximum atomic E-state index is 12.2. The molecule has 0 nitrogen and oxygen atoms in total. The summed E-state index contributed by atoms with van der Waals surface area (Å²) in [6.45, 7) is 0. The van der Waals surface area contributed by atoms with Crippen LogP contribution in [0.2, 0.25) is 5.02 Å². The van der Waals surface area contributed by atoms with Crippen molar-refractivity contribution in [3.8, 4) is 0 Å². The highest BCUT2D eigenvalue weighted by Gasteiger charge is 2.07. The maximum Gasteiger partial charge on any atom is 0.147 e. The molecule has 0 aliphatic rings. The van der Waals surface area contributed by atoms with Gasteiger partial charge in [-0.1, -0.05) is 11.6 Å².